The van der Waals surface area contributed by atoms with Crippen LogP contribution in [0.5, 0.6) is 5.75 Å². The van der Waals surface area contributed by atoms with Crippen molar-refractivity contribution in [3.05, 3.63) is 40.2 Å². The normalized spacial score (nSPS) is 12.1. The molecule has 0 unspecified atom stereocenters. The molecule has 0 radical (unpaired) electrons. The van der Waals surface area contributed by atoms with E-state index in [1.54, 1.807) is 0 Å². The molecule has 0 saturated heterocycles. The maximum atomic E-state index is 12.1. The van der Waals surface area contributed by atoms with Gasteiger partial charge in [0.15, 0.2) is 5.43 Å². The SMILES string of the molecule is CC(C)c1cc(=O)c2cc(OC(F)(F)F)ccc2[nH]1. The summed E-state index contributed by atoms with van der Waals surface area (Å²) in [7, 11) is 0. The van der Waals surface area contributed by atoms with Gasteiger partial charge in [-0.05, 0) is 24.1 Å². The van der Waals surface area contributed by atoms with E-state index in [0.717, 1.165) is 11.8 Å². The molecule has 0 atom stereocenters. The number of benzene rings is 1. The zero-order valence-corrected chi connectivity index (χ0v) is 10.3. The van der Waals surface area contributed by atoms with E-state index in [-0.39, 0.29) is 16.7 Å². The van der Waals surface area contributed by atoms with E-state index in [1.807, 2.05) is 13.8 Å². The van der Waals surface area contributed by atoms with Crippen molar-refractivity contribution in [2.75, 3.05) is 0 Å². The zero-order valence-electron chi connectivity index (χ0n) is 10.3. The summed E-state index contributed by atoms with van der Waals surface area (Å²) in [5.74, 6) is -0.272. The lowest BCUT2D eigenvalue weighted by Crippen LogP contribution is -2.17. The van der Waals surface area contributed by atoms with Crippen LogP contribution in [0.15, 0.2) is 29.1 Å². The van der Waals surface area contributed by atoms with Crippen LogP contribution in [0.25, 0.3) is 10.9 Å². The quantitative estimate of drug-likeness (QED) is 0.907. The van der Waals surface area contributed by atoms with Crippen LogP contribution in [0, 0.1) is 0 Å². The van der Waals surface area contributed by atoms with Gasteiger partial charge in [-0.2, -0.15) is 0 Å². The van der Waals surface area contributed by atoms with Crippen molar-refractivity contribution >= 4 is 10.9 Å². The van der Waals surface area contributed by atoms with Gasteiger partial charge in [-0.25, -0.2) is 0 Å². The Balaban J connectivity index is 2.53. The van der Waals surface area contributed by atoms with Crippen LogP contribution in [0.4, 0.5) is 13.2 Å². The van der Waals surface area contributed by atoms with E-state index in [2.05, 4.69) is 9.72 Å². The number of aromatic nitrogens is 1. The molecular weight excluding hydrogens is 259 g/mol. The summed E-state index contributed by atoms with van der Waals surface area (Å²) >= 11 is 0. The lowest BCUT2D eigenvalue weighted by Gasteiger charge is -2.11. The Bertz CT molecular complexity index is 659. The Morgan fingerprint density at radius 3 is 2.47 bits per heavy atom. The first-order valence-corrected chi connectivity index (χ1v) is 5.69. The summed E-state index contributed by atoms with van der Waals surface area (Å²) in [6.45, 7) is 3.83. The minimum atomic E-state index is -4.77. The monoisotopic (exact) mass is 271 g/mol. The van der Waals surface area contributed by atoms with Crippen molar-refractivity contribution in [1.82, 2.24) is 4.98 Å². The Hall–Kier alpha value is -1.98. The number of ether oxygens (including phenoxy) is 1. The molecule has 0 bridgehead atoms. The molecule has 0 amide bonds. The second-order valence-corrected chi connectivity index (χ2v) is 4.50. The highest BCUT2D eigenvalue weighted by Gasteiger charge is 2.31. The minimum Gasteiger partial charge on any atom is -0.406 e. The third-order valence-corrected chi connectivity index (χ3v) is 2.68. The van der Waals surface area contributed by atoms with Crippen LogP contribution in [0.3, 0.4) is 0 Å². The Morgan fingerprint density at radius 2 is 1.89 bits per heavy atom. The molecule has 0 fully saturated rings. The van der Waals surface area contributed by atoms with E-state index >= 15 is 0 Å². The number of H-pyrrole nitrogens is 1. The molecule has 0 aliphatic carbocycles. The van der Waals surface area contributed by atoms with E-state index in [4.69, 9.17) is 0 Å². The average Bonchev–Trinajstić information content (AvgIpc) is 2.27. The lowest BCUT2D eigenvalue weighted by atomic mass is 10.1. The number of aromatic amines is 1. The average molecular weight is 271 g/mol. The molecule has 102 valence electrons. The summed E-state index contributed by atoms with van der Waals surface area (Å²) in [6, 6.07) is 5.07. The van der Waals surface area contributed by atoms with Gasteiger partial charge in [0.25, 0.3) is 0 Å². The number of hydrogen-bond donors (Lipinski definition) is 1. The lowest BCUT2D eigenvalue weighted by molar-refractivity contribution is -0.274. The van der Waals surface area contributed by atoms with Crippen molar-refractivity contribution in [3.8, 4) is 5.75 Å². The van der Waals surface area contributed by atoms with Gasteiger partial charge < -0.3 is 9.72 Å². The van der Waals surface area contributed by atoms with Gasteiger partial charge >= 0.3 is 6.36 Å². The van der Waals surface area contributed by atoms with Crippen LogP contribution in [0.2, 0.25) is 0 Å². The van der Waals surface area contributed by atoms with Crippen molar-refractivity contribution in [1.29, 1.82) is 0 Å². The van der Waals surface area contributed by atoms with E-state index in [9.17, 15) is 18.0 Å². The highest BCUT2D eigenvalue weighted by atomic mass is 19.4. The molecule has 0 spiro atoms. The van der Waals surface area contributed by atoms with Crippen LogP contribution in [0.1, 0.15) is 25.5 Å². The number of rotatable bonds is 2. The molecule has 1 heterocycles. The first-order valence-electron chi connectivity index (χ1n) is 5.69. The third kappa shape index (κ3) is 3.07. The van der Waals surface area contributed by atoms with E-state index < -0.39 is 12.1 Å². The Labute approximate surface area is 107 Å². The van der Waals surface area contributed by atoms with E-state index in [1.165, 1.54) is 18.2 Å². The molecule has 19 heavy (non-hydrogen) atoms. The Morgan fingerprint density at radius 1 is 1.21 bits per heavy atom. The molecule has 1 aromatic carbocycles. The van der Waals surface area contributed by atoms with Gasteiger partial charge in [-0.3, -0.25) is 4.79 Å². The number of pyridine rings is 1. The van der Waals surface area contributed by atoms with Crippen molar-refractivity contribution in [3.63, 3.8) is 0 Å². The number of hydrogen-bond acceptors (Lipinski definition) is 2. The smallest absolute Gasteiger partial charge is 0.406 e. The summed E-state index contributed by atoms with van der Waals surface area (Å²) < 4.78 is 40.1. The minimum absolute atomic E-state index is 0.128. The highest BCUT2D eigenvalue weighted by molar-refractivity contribution is 5.80. The van der Waals surface area contributed by atoms with Crippen LogP contribution in [-0.2, 0) is 0 Å². The van der Waals surface area contributed by atoms with Crippen LogP contribution in [-0.4, -0.2) is 11.3 Å². The number of nitrogens with one attached hydrogen (secondary N) is 1. The molecule has 0 aliphatic rings. The van der Waals surface area contributed by atoms with Crippen molar-refractivity contribution in [2.45, 2.75) is 26.1 Å². The van der Waals surface area contributed by atoms with E-state index in [0.29, 0.717) is 5.52 Å². The molecule has 1 aromatic heterocycles. The summed E-state index contributed by atoms with van der Waals surface area (Å²) in [5, 5.41) is 0.172. The van der Waals surface area contributed by atoms with Gasteiger partial charge in [0.1, 0.15) is 5.75 Å². The molecule has 6 heteroatoms. The van der Waals surface area contributed by atoms with Gasteiger partial charge in [-0.1, -0.05) is 13.8 Å². The largest absolute Gasteiger partial charge is 0.573 e. The molecular formula is C13H12F3NO2. The van der Waals surface area contributed by atoms with Crippen LogP contribution >= 0.6 is 0 Å². The topological polar surface area (TPSA) is 42.1 Å². The predicted molar refractivity (Wildman–Crippen MR) is 65.3 cm³/mol. The Kier molecular flexibility index (Phi) is 3.26. The summed E-state index contributed by atoms with van der Waals surface area (Å²) in [5.41, 5.74) is 0.901. The molecule has 1 N–H and O–H groups in total. The standard InChI is InChI=1S/C13H12F3NO2/c1-7(2)11-6-12(18)9-5-8(19-13(14,15)16)3-4-10(9)17-11/h3-7H,1-2H3,(H,17,18). The maximum Gasteiger partial charge on any atom is 0.573 e. The third-order valence-electron chi connectivity index (χ3n) is 2.68. The van der Waals surface area contributed by atoms with Gasteiger partial charge in [0.2, 0.25) is 0 Å². The van der Waals surface area contributed by atoms with Gasteiger partial charge in [0.05, 0.1) is 0 Å². The van der Waals surface area contributed by atoms with Crippen molar-refractivity contribution < 1.29 is 17.9 Å². The first kappa shape index (κ1) is 13.5. The predicted octanol–water partition coefficient (Wildman–Crippen LogP) is 3.55. The fourth-order valence-electron chi connectivity index (χ4n) is 1.75. The fraction of sp³-hybridized carbons (Fsp3) is 0.308. The number of alkyl halides is 3. The highest BCUT2D eigenvalue weighted by Crippen LogP contribution is 2.25. The second-order valence-electron chi connectivity index (χ2n) is 4.50. The maximum absolute atomic E-state index is 12.1. The molecule has 2 aromatic rings. The van der Waals surface area contributed by atoms with Crippen LogP contribution < -0.4 is 10.2 Å². The number of halogens is 3. The first-order chi connectivity index (χ1) is 8.76. The zero-order chi connectivity index (χ0) is 14.2. The molecule has 0 saturated carbocycles. The fourth-order valence-corrected chi connectivity index (χ4v) is 1.75. The molecule has 0 aliphatic heterocycles. The second kappa shape index (κ2) is 4.60. The molecule has 2 rings (SSSR count). The summed E-state index contributed by atoms with van der Waals surface area (Å²) in [4.78, 5) is 14.9. The van der Waals surface area contributed by atoms with Gasteiger partial charge in [0, 0.05) is 22.7 Å². The summed E-state index contributed by atoms with van der Waals surface area (Å²) in [6.07, 6.45) is -4.77. The molecule has 3 nitrogen and oxygen atoms in total. The van der Waals surface area contributed by atoms with Crippen molar-refractivity contribution in [2.24, 2.45) is 0 Å². The van der Waals surface area contributed by atoms with Gasteiger partial charge in [-0.15, -0.1) is 13.2 Å². The number of fused-ring (bicyclic) bond motifs is 1.